The first-order valence-corrected chi connectivity index (χ1v) is 9.97. The predicted octanol–water partition coefficient (Wildman–Crippen LogP) is 3.97. The van der Waals surface area contributed by atoms with Crippen LogP contribution in [0.15, 0.2) is 40.1 Å². The van der Waals surface area contributed by atoms with Crippen LogP contribution >= 0.6 is 23.1 Å². The van der Waals surface area contributed by atoms with Crippen molar-refractivity contribution in [2.75, 3.05) is 12.3 Å². The second kappa shape index (κ2) is 10.3. The van der Waals surface area contributed by atoms with Gasteiger partial charge in [0.2, 0.25) is 5.91 Å². The number of ketones is 1. The van der Waals surface area contributed by atoms with Gasteiger partial charge in [0.15, 0.2) is 10.1 Å². The van der Waals surface area contributed by atoms with E-state index in [4.69, 9.17) is 0 Å². The van der Waals surface area contributed by atoms with E-state index in [0.717, 1.165) is 35.8 Å². The molecule has 0 aliphatic carbocycles. The first-order valence-electron chi connectivity index (χ1n) is 8.11. The number of nitrogens with zero attached hydrogens (tertiary/aromatic N) is 1. The number of carbonyl (C=O) groups excluding carboxylic acids is 2. The molecule has 24 heavy (non-hydrogen) atoms. The van der Waals surface area contributed by atoms with Crippen LogP contribution < -0.4 is 5.32 Å². The summed E-state index contributed by atoms with van der Waals surface area (Å²) in [5.74, 6) is 0.458. The van der Waals surface area contributed by atoms with Crippen molar-refractivity contribution in [2.24, 2.45) is 0 Å². The Morgan fingerprint density at radius 2 is 2.00 bits per heavy atom. The molecule has 1 aromatic carbocycles. The van der Waals surface area contributed by atoms with Crippen LogP contribution in [0.25, 0.3) is 0 Å². The minimum atomic E-state index is 0.00770. The molecule has 2 aromatic rings. The maximum Gasteiger partial charge on any atom is 0.226 e. The van der Waals surface area contributed by atoms with Crippen LogP contribution in [-0.4, -0.2) is 29.0 Å². The maximum atomic E-state index is 12.1. The van der Waals surface area contributed by atoms with Crippen LogP contribution in [0.2, 0.25) is 0 Å². The van der Waals surface area contributed by atoms with Gasteiger partial charge in [-0.25, -0.2) is 4.98 Å². The van der Waals surface area contributed by atoms with Gasteiger partial charge in [-0.05, 0) is 6.42 Å². The zero-order valence-electron chi connectivity index (χ0n) is 13.8. The predicted molar refractivity (Wildman–Crippen MR) is 99.8 cm³/mol. The van der Waals surface area contributed by atoms with E-state index in [0.29, 0.717) is 17.7 Å². The fourth-order valence-corrected chi connectivity index (χ4v) is 3.84. The fourth-order valence-electron chi connectivity index (χ4n) is 2.10. The van der Waals surface area contributed by atoms with Crippen molar-refractivity contribution in [3.63, 3.8) is 0 Å². The van der Waals surface area contributed by atoms with Gasteiger partial charge in [-0.2, -0.15) is 0 Å². The van der Waals surface area contributed by atoms with Gasteiger partial charge in [0.1, 0.15) is 0 Å². The summed E-state index contributed by atoms with van der Waals surface area (Å²) in [6, 6.07) is 9.25. The van der Waals surface area contributed by atoms with Crippen LogP contribution in [0.5, 0.6) is 0 Å². The topological polar surface area (TPSA) is 59.1 Å². The van der Waals surface area contributed by atoms with Gasteiger partial charge in [-0.1, -0.05) is 61.9 Å². The van der Waals surface area contributed by atoms with Crippen molar-refractivity contribution in [3.05, 3.63) is 47.0 Å². The zero-order chi connectivity index (χ0) is 17.2. The van der Waals surface area contributed by atoms with Crippen molar-refractivity contribution < 1.29 is 9.59 Å². The summed E-state index contributed by atoms with van der Waals surface area (Å²) in [5, 5.41) is 4.80. The lowest BCUT2D eigenvalue weighted by Gasteiger charge is -2.02. The monoisotopic (exact) mass is 362 g/mol. The Balaban J connectivity index is 1.74. The molecule has 0 fully saturated rings. The van der Waals surface area contributed by atoms with Gasteiger partial charge in [0, 0.05) is 17.5 Å². The lowest BCUT2D eigenvalue weighted by atomic mass is 10.2. The number of hydrogen-bond acceptors (Lipinski definition) is 5. The second-order valence-electron chi connectivity index (χ2n) is 5.42. The Morgan fingerprint density at radius 1 is 1.21 bits per heavy atom. The first-order chi connectivity index (χ1) is 11.7. The number of thioether (sulfide) groups is 1. The van der Waals surface area contributed by atoms with Crippen LogP contribution in [-0.2, 0) is 11.2 Å². The molecule has 0 unspecified atom stereocenters. The highest BCUT2D eigenvalue weighted by atomic mass is 32.2. The average Bonchev–Trinajstić information content (AvgIpc) is 3.04. The Labute approximate surface area is 151 Å². The van der Waals surface area contributed by atoms with Crippen LogP contribution in [0.3, 0.4) is 0 Å². The summed E-state index contributed by atoms with van der Waals surface area (Å²) in [7, 11) is 0. The summed E-state index contributed by atoms with van der Waals surface area (Å²) < 4.78 is 0.827. The summed E-state index contributed by atoms with van der Waals surface area (Å²) >= 11 is 2.90. The fraction of sp³-hybridized carbons (Fsp3) is 0.389. The molecule has 1 N–H and O–H groups in total. The molecule has 6 heteroatoms. The SMILES string of the molecule is CCCCCNC(=O)Cc1csc(SCC(=O)c2ccccc2)n1. The third kappa shape index (κ3) is 6.45. The molecule has 0 aliphatic rings. The van der Waals surface area contributed by atoms with Crippen molar-refractivity contribution in [2.45, 2.75) is 36.9 Å². The second-order valence-corrected chi connectivity index (χ2v) is 7.50. The zero-order valence-corrected chi connectivity index (χ0v) is 15.4. The van der Waals surface area contributed by atoms with E-state index in [1.54, 1.807) is 0 Å². The van der Waals surface area contributed by atoms with E-state index in [1.807, 2.05) is 35.7 Å². The quantitative estimate of drug-likeness (QED) is 0.395. The van der Waals surface area contributed by atoms with Crippen LogP contribution in [0, 0.1) is 0 Å². The van der Waals surface area contributed by atoms with Gasteiger partial charge in [0.25, 0.3) is 0 Å². The molecular formula is C18H22N2O2S2. The summed E-state index contributed by atoms with van der Waals surface area (Å²) in [6.45, 7) is 2.86. The molecule has 0 atom stereocenters. The minimum absolute atomic E-state index is 0.00770. The number of unbranched alkanes of at least 4 members (excludes halogenated alkanes) is 2. The maximum absolute atomic E-state index is 12.1. The number of Topliss-reactive ketones (excluding diaryl/α,β-unsaturated/α-hetero) is 1. The normalized spacial score (nSPS) is 10.5. The Kier molecular flexibility index (Phi) is 7.98. The van der Waals surface area contributed by atoms with Crippen molar-refractivity contribution in [3.8, 4) is 0 Å². The number of thiazole rings is 1. The number of aromatic nitrogens is 1. The highest BCUT2D eigenvalue weighted by Crippen LogP contribution is 2.23. The van der Waals surface area contributed by atoms with E-state index >= 15 is 0 Å². The van der Waals surface area contributed by atoms with Gasteiger partial charge in [-0.15, -0.1) is 11.3 Å². The molecule has 1 heterocycles. The standard InChI is InChI=1S/C18H22N2O2S2/c1-2-3-7-10-19-17(22)11-15-12-23-18(20-15)24-13-16(21)14-8-5-4-6-9-14/h4-6,8-9,12H,2-3,7,10-11,13H2,1H3,(H,19,22). The minimum Gasteiger partial charge on any atom is -0.356 e. The summed E-state index contributed by atoms with van der Waals surface area (Å²) in [6.07, 6.45) is 3.59. The molecule has 1 aromatic heterocycles. The first kappa shape index (κ1) is 18.7. The molecule has 0 aliphatic heterocycles. The lowest BCUT2D eigenvalue weighted by Crippen LogP contribution is -2.26. The largest absolute Gasteiger partial charge is 0.356 e. The van der Waals surface area contributed by atoms with E-state index in [9.17, 15) is 9.59 Å². The molecule has 1 amide bonds. The van der Waals surface area contributed by atoms with Gasteiger partial charge in [-0.3, -0.25) is 9.59 Å². The van der Waals surface area contributed by atoms with Crippen molar-refractivity contribution in [1.82, 2.24) is 10.3 Å². The van der Waals surface area contributed by atoms with Crippen molar-refractivity contribution in [1.29, 1.82) is 0 Å². The van der Waals surface area contributed by atoms with E-state index < -0.39 is 0 Å². The number of hydrogen-bond donors (Lipinski definition) is 1. The van der Waals surface area contributed by atoms with Gasteiger partial charge >= 0.3 is 0 Å². The molecule has 0 saturated heterocycles. The number of amides is 1. The molecule has 0 spiro atoms. The highest BCUT2D eigenvalue weighted by molar-refractivity contribution is 8.01. The summed E-state index contributed by atoms with van der Waals surface area (Å²) in [5.41, 5.74) is 1.48. The van der Waals surface area contributed by atoms with Crippen LogP contribution in [0.4, 0.5) is 0 Å². The van der Waals surface area contributed by atoms with Crippen LogP contribution in [0.1, 0.15) is 42.2 Å². The molecule has 4 nitrogen and oxygen atoms in total. The molecule has 0 bridgehead atoms. The molecule has 128 valence electrons. The van der Waals surface area contributed by atoms with Gasteiger partial charge in [0.05, 0.1) is 17.9 Å². The summed E-state index contributed by atoms with van der Waals surface area (Å²) in [4.78, 5) is 28.3. The van der Waals surface area contributed by atoms with Gasteiger partial charge < -0.3 is 5.32 Å². The van der Waals surface area contributed by atoms with Crippen molar-refractivity contribution >= 4 is 34.8 Å². The smallest absolute Gasteiger partial charge is 0.226 e. The third-order valence-corrected chi connectivity index (χ3v) is 5.47. The lowest BCUT2D eigenvalue weighted by molar-refractivity contribution is -0.120. The Morgan fingerprint density at radius 3 is 2.75 bits per heavy atom. The highest BCUT2D eigenvalue weighted by Gasteiger charge is 2.10. The third-order valence-electron chi connectivity index (χ3n) is 3.40. The Bertz CT molecular complexity index is 656. The molecule has 2 rings (SSSR count). The van der Waals surface area contributed by atoms with E-state index in [-0.39, 0.29) is 11.7 Å². The number of carbonyl (C=O) groups is 2. The number of nitrogens with one attached hydrogen (secondary N) is 1. The molecule has 0 saturated carbocycles. The van der Waals surface area contributed by atoms with E-state index in [2.05, 4.69) is 17.2 Å². The number of benzene rings is 1. The molecular weight excluding hydrogens is 340 g/mol. The average molecular weight is 363 g/mol. The molecule has 0 radical (unpaired) electrons. The Hall–Kier alpha value is -1.66. The number of rotatable bonds is 10. The van der Waals surface area contributed by atoms with E-state index in [1.165, 1.54) is 23.1 Å².